The molecule has 1 rings (SSSR count). The zero-order valence-electron chi connectivity index (χ0n) is 8.87. The SMILES string of the molecule is C=CCCC(=O)C1CN(CC)CCO1. The molecule has 1 saturated heterocycles. The van der Waals surface area contributed by atoms with E-state index in [1.165, 1.54) is 0 Å². The normalized spacial score (nSPS) is 23.4. The number of nitrogens with zero attached hydrogens (tertiary/aromatic N) is 1. The first kappa shape index (κ1) is 11.4. The summed E-state index contributed by atoms with van der Waals surface area (Å²) in [5.74, 6) is 0.211. The Kier molecular flexibility index (Phi) is 4.84. The van der Waals surface area contributed by atoms with Crippen molar-refractivity contribution in [2.75, 3.05) is 26.2 Å². The molecule has 1 unspecified atom stereocenters. The fourth-order valence-electron chi connectivity index (χ4n) is 1.59. The van der Waals surface area contributed by atoms with Crippen molar-refractivity contribution >= 4 is 5.78 Å². The van der Waals surface area contributed by atoms with Gasteiger partial charge in [0.05, 0.1) is 6.61 Å². The van der Waals surface area contributed by atoms with Crippen LogP contribution in [0.15, 0.2) is 12.7 Å². The molecule has 0 N–H and O–H groups in total. The third-order valence-corrected chi connectivity index (χ3v) is 2.55. The lowest BCUT2D eigenvalue weighted by molar-refractivity contribution is -0.136. The van der Waals surface area contributed by atoms with E-state index in [1.807, 2.05) is 0 Å². The molecule has 3 nitrogen and oxygen atoms in total. The van der Waals surface area contributed by atoms with Crippen LogP contribution in [0.3, 0.4) is 0 Å². The van der Waals surface area contributed by atoms with Crippen molar-refractivity contribution in [1.29, 1.82) is 0 Å². The van der Waals surface area contributed by atoms with Crippen LogP contribution in [0.2, 0.25) is 0 Å². The second-order valence-corrected chi connectivity index (χ2v) is 3.55. The van der Waals surface area contributed by atoms with Gasteiger partial charge in [0.2, 0.25) is 0 Å². The van der Waals surface area contributed by atoms with Gasteiger partial charge in [-0.05, 0) is 13.0 Å². The average molecular weight is 197 g/mol. The highest BCUT2D eigenvalue weighted by atomic mass is 16.5. The van der Waals surface area contributed by atoms with Crippen molar-refractivity contribution in [3.8, 4) is 0 Å². The monoisotopic (exact) mass is 197 g/mol. The van der Waals surface area contributed by atoms with E-state index in [4.69, 9.17) is 4.74 Å². The van der Waals surface area contributed by atoms with Gasteiger partial charge in [0.25, 0.3) is 0 Å². The quantitative estimate of drug-likeness (QED) is 0.621. The van der Waals surface area contributed by atoms with Crippen LogP contribution in [0.4, 0.5) is 0 Å². The van der Waals surface area contributed by atoms with E-state index >= 15 is 0 Å². The minimum absolute atomic E-state index is 0.205. The lowest BCUT2D eigenvalue weighted by Gasteiger charge is -2.31. The first-order valence-electron chi connectivity index (χ1n) is 5.25. The van der Waals surface area contributed by atoms with E-state index in [2.05, 4.69) is 18.4 Å². The molecule has 1 heterocycles. The molecule has 0 aliphatic carbocycles. The second kappa shape index (κ2) is 5.94. The summed E-state index contributed by atoms with van der Waals surface area (Å²) < 4.78 is 5.44. The van der Waals surface area contributed by atoms with Gasteiger partial charge >= 0.3 is 0 Å². The summed E-state index contributed by atoms with van der Waals surface area (Å²) >= 11 is 0. The van der Waals surface area contributed by atoms with Crippen molar-refractivity contribution in [1.82, 2.24) is 4.90 Å². The van der Waals surface area contributed by atoms with Crippen molar-refractivity contribution in [3.63, 3.8) is 0 Å². The highest BCUT2D eigenvalue weighted by Crippen LogP contribution is 2.08. The largest absolute Gasteiger partial charge is 0.368 e. The fourth-order valence-corrected chi connectivity index (χ4v) is 1.59. The third kappa shape index (κ3) is 3.24. The summed E-state index contributed by atoms with van der Waals surface area (Å²) in [6, 6.07) is 0. The van der Waals surface area contributed by atoms with Gasteiger partial charge in [-0.15, -0.1) is 6.58 Å². The van der Waals surface area contributed by atoms with E-state index in [9.17, 15) is 4.79 Å². The Labute approximate surface area is 85.7 Å². The lowest BCUT2D eigenvalue weighted by Crippen LogP contribution is -2.45. The van der Waals surface area contributed by atoms with Crippen molar-refractivity contribution < 1.29 is 9.53 Å². The molecule has 0 saturated carbocycles. The first-order valence-corrected chi connectivity index (χ1v) is 5.25. The molecule has 0 aromatic heterocycles. The van der Waals surface area contributed by atoms with Crippen LogP contribution >= 0.6 is 0 Å². The molecular formula is C11H19NO2. The van der Waals surface area contributed by atoms with Gasteiger partial charge in [0.1, 0.15) is 6.10 Å². The molecular weight excluding hydrogens is 178 g/mol. The molecule has 1 aliphatic heterocycles. The molecule has 1 aliphatic rings. The smallest absolute Gasteiger partial charge is 0.163 e. The molecule has 1 fully saturated rings. The molecule has 1 atom stereocenters. The van der Waals surface area contributed by atoms with Gasteiger partial charge in [-0.2, -0.15) is 0 Å². The standard InChI is InChI=1S/C11H19NO2/c1-3-5-6-10(13)11-9-12(4-2)7-8-14-11/h3,11H,1,4-9H2,2H3. The van der Waals surface area contributed by atoms with Crippen molar-refractivity contribution in [3.05, 3.63) is 12.7 Å². The number of hydrogen-bond donors (Lipinski definition) is 0. The minimum atomic E-state index is -0.205. The van der Waals surface area contributed by atoms with Gasteiger partial charge in [0.15, 0.2) is 5.78 Å². The van der Waals surface area contributed by atoms with Crippen LogP contribution in [0.1, 0.15) is 19.8 Å². The Balaban J connectivity index is 2.35. The van der Waals surface area contributed by atoms with Gasteiger partial charge in [0, 0.05) is 19.5 Å². The van der Waals surface area contributed by atoms with E-state index in [0.29, 0.717) is 13.0 Å². The number of allylic oxidation sites excluding steroid dienone is 1. The lowest BCUT2D eigenvalue weighted by atomic mass is 10.1. The Morgan fingerprint density at radius 2 is 2.50 bits per heavy atom. The Morgan fingerprint density at radius 1 is 1.71 bits per heavy atom. The molecule has 14 heavy (non-hydrogen) atoms. The number of rotatable bonds is 5. The summed E-state index contributed by atoms with van der Waals surface area (Å²) in [6.07, 6.45) is 2.89. The summed E-state index contributed by atoms with van der Waals surface area (Å²) in [7, 11) is 0. The summed E-state index contributed by atoms with van der Waals surface area (Å²) in [4.78, 5) is 13.9. The number of ketones is 1. The highest BCUT2D eigenvalue weighted by Gasteiger charge is 2.24. The van der Waals surface area contributed by atoms with Crippen molar-refractivity contribution in [2.24, 2.45) is 0 Å². The third-order valence-electron chi connectivity index (χ3n) is 2.55. The second-order valence-electron chi connectivity index (χ2n) is 3.55. The topological polar surface area (TPSA) is 29.5 Å². The molecule has 0 amide bonds. The average Bonchev–Trinajstić information content (AvgIpc) is 2.26. The predicted molar refractivity (Wildman–Crippen MR) is 56.3 cm³/mol. The zero-order chi connectivity index (χ0) is 10.4. The van der Waals surface area contributed by atoms with Gasteiger partial charge in [-0.3, -0.25) is 9.69 Å². The van der Waals surface area contributed by atoms with Crippen molar-refractivity contribution in [2.45, 2.75) is 25.9 Å². The van der Waals surface area contributed by atoms with Crippen LogP contribution in [0.5, 0.6) is 0 Å². The number of carbonyl (C=O) groups is 1. The van der Waals surface area contributed by atoms with Gasteiger partial charge < -0.3 is 4.74 Å². The number of carbonyl (C=O) groups excluding carboxylic acids is 1. The van der Waals surface area contributed by atoms with Crippen LogP contribution in [0, 0.1) is 0 Å². The first-order chi connectivity index (χ1) is 6.77. The molecule has 0 radical (unpaired) electrons. The number of hydrogen-bond acceptors (Lipinski definition) is 3. The molecule has 0 bridgehead atoms. The maximum atomic E-state index is 11.6. The van der Waals surface area contributed by atoms with Crippen LogP contribution < -0.4 is 0 Å². The number of ether oxygens (including phenoxy) is 1. The highest BCUT2D eigenvalue weighted by molar-refractivity contribution is 5.83. The zero-order valence-corrected chi connectivity index (χ0v) is 8.87. The van der Waals surface area contributed by atoms with Gasteiger partial charge in [-0.25, -0.2) is 0 Å². The molecule has 3 heteroatoms. The Morgan fingerprint density at radius 3 is 3.14 bits per heavy atom. The summed E-state index contributed by atoms with van der Waals surface area (Å²) in [6.45, 7) is 9.09. The fraction of sp³-hybridized carbons (Fsp3) is 0.727. The summed E-state index contributed by atoms with van der Waals surface area (Å²) in [5.41, 5.74) is 0. The van der Waals surface area contributed by atoms with Crippen LogP contribution in [-0.2, 0) is 9.53 Å². The van der Waals surface area contributed by atoms with E-state index < -0.39 is 0 Å². The van der Waals surface area contributed by atoms with E-state index in [-0.39, 0.29) is 11.9 Å². The maximum absolute atomic E-state index is 11.6. The predicted octanol–water partition coefficient (Wildman–Crippen LogP) is 1.24. The Bertz CT molecular complexity index is 203. The Hall–Kier alpha value is -0.670. The van der Waals surface area contributed by atoms with E-state index in [0.717, 1.165) is 26.1 Å². The number of likely N-dealkylation sites (N-methyl/N-ethyl adjacent to an activating group) is 1. The molecule has 0 aromatic rings. The molecule has 0 spiro atoms. The minimum Gasteiger partial charge on any atom is -0.368 e. The van der Waals surface area contributed by atoms with Crippen LogP contribution in [-0.4, -0.2) is 43.0 Å². The molecule has 80 valence electrons. The number of Topliss-reactive ketones (excluding diaryl/α,β-unsaturated/α-hetero) is 1. The van der Waals surface area contributed by atoms with Gasteiger partial charge in [-0.1, -0.05) is 13.0 Å². The summed E-state index contributed by atoms with van der Waals surface area (Å²) in [5, 5.41) is 0. The van der Waals surface area contributed by atoms with Crippen LogP contribution in [0.25, 0.3) is 0 Å². The molecule has 0 aromatic carbocycles. The number of morpholine rings is 1. The maximum Gasteiger partial charge on any atom is 0.163 e. The van der Waals surface area contributed by atoms with E-state index in [1.54, 1.807) is 6.08 Å².